The van der Waals surface area contributed by atoms with Gasteiger partial charge in [-0.2, -0.15) is 0 Å². The van der Waals surface area contributed by atoms with Gasteiger partial charge in [-0.3, -0.25) is 0 Å². The molecule has 2 aromatic heterocycles. The van der Waals surface area contributed by atoms with E-state index in [0.29, 0.717) is 12.6 Å². The number of thioether (sulfide) groups is 1. The van der Waals surface area contributed by atoms with Crippen LogP contribution in [0.25, 0.3) is 11.0 Å². The monoisotopic (exact) mass is 368 g/mol. The maximum absolute atomic E-state index is 5.22. The number of rotatable bonds is 7. The van der Waals surface area contributed by atoms with E-state index >= 15 is 0 Å². The number of benzene rings is 1. The molecule has 1 N–H and O–H groups in total. The first kappa shape index (κ1) is 17.4. The highest BCUT2D eigenvalue weighted by atomic mass is 32.2. The summed E-state index contributed by atoms with van der Waals surface area (Å²) in [5, 5.41) is 1.10. The summed E-state index contributed by atoms with van der Waals surface area (Å²) in [7, 11) is 3.89. The van der Waals surface area contributed by atoms with Crippen LogP contribution in [0.3, 0.4) is 0 Å². The zero-order chi connectivity index (χ0) is 17.9. The topological polar surface area (TPSA) is 54.0 Å². The Kier molecular flexibility index (Phi) is 5.13. The molecule has 136 valence electrons. The third-order valence-electron chi connectivity index (χ3n) is 5.12. The SMILES string of the molecule is COCc1cccc(SCC2CC(N(C)c3ncnc4[nH]ccc34)C2)c1. The molecule has 0 bridgehead atoms. The Labute approximate surface area is 158 Å². The van der Waals surface area contributed by atoms with Gasteiger partial charge in [-0.1, -0.05) is 12.1 Å². The Hall–Kier alpha value is -2.05. The van der Waals surface area contributed by atoms with Gasteiger partial charge < -0.3 is 14.6 Å². The summed E-state index contributed by atoms with van der Waals surface area (Å²) in [5.74, 6) is 2.96. The van der Waals surface area contributed by atoms with Crippen LogP contribution in [0.1, 0.15) is 18.4 Å². The fourth-order valence-corrected chi connectivity index (χ4v) is 4.68. The van der Waals surface area contributed by atoms with E-state index < -0.39 is 0 Å². The molecule has 6 heteroatoms. The van der Waals surface area contributed by atoms with Crippen molar-refractivity contribution in [3.8, 4) is 0 Å². The van der Waals surface area contributed by atoms with E-state index in [9.17, 15) is 0 Å². The van der Waals surface area contributed by atoms with Crippen molar-refractivity contribution in [3.63, 3.8) is 0 Å². The molecule has 5 nitrogen and oxygen atoms in total. The summed E-state index contributed by atoms with van der Waals surface area (Å²) in [6.07, 6.45) is 6.01. The van der Waals surface area contributed by atoms with Crippen molar-refractivity contribution in [2.24, 2.45) is 5.92 Å². The van der Waals surface area contributed by atoms with E-state index in [0.717, 1.165) is 22.8 Å². The highest BCUT2D eigenvalue weighted by Crippen LogP contribution is 2.38. The van der Waals surface area contributed by atoms with Crippen LogP contribution in [0.15, 0.2) is 47.8 Å². The van der Waals surface area contributed by atoms with Crippen molar-refractivity contribution in [3.05, 3.63) is 48.4 Å². The summed E-state index contributed by atoms with van der Waals surface area (Å²) >= 11 is 1.95. The Bertz CT molecular complexity index is 875. The van der Waals surface area contributed by atoms with E-state index in [1.54, 1.807) is 13.4 Å². The van der Waals surface area contributed by atoms with Crippen molar-refractivity contribution in [1.82, 2.24) is 15.0 Å². The van der Waals surface area contributed by atoms with Gasteiger partial charge in [0.05, 0.1) is 12.0 Å². The molecule has 1 saturated carbocycles. The molecule has 26 heavy (non-hydrogen) atoms. The number of H-pyrrole nitrogens is 1. The van der Waals surface area contributed by atoms with Gasteiger partial charge in [0.1, 0.15) is 17.8 Å². The predicted octanol–water partition coefficient (Wildman–Crippen LogP) is 4.11. The van der Waals surface area contributed by atoms with Crippen molar-refractivity contribution < 1.29 is 4.74 Å². The van der Waals surface area contributed by atoms with Crippen LogP contribution in [-0.2, 0) is 11.3 Å². The number of anilines is 1. The van der Waals surface area contributed by atoms with Crippen LogP contribution in [0.2, 0.25) is 0 Å². The van der Waals surface area contributed by atoms with Gasteiger partial charge in [-0.05, 0) is 42.5 Å². The number of ether oxygens (including phenoxy) is 1. The first-order chi connectivity index (χ1) is 12.7. The van der Waals surface area contributed by atoms with Gasteiger partial charge in [-0.25, -0.2) is 9.97 Å². The molecule has 0 atom stereocenters. The normalized spacial score (nSPS) is 19.5. The number of nitrogens with zero attached hydrogens (tertiary/aromatic N) is 3. The summed E-state index contributed by atoms with van der Waals surface area (Å²) in [6.45, 7) is 0.678. The number of aromatic nitrogens is 3. The van der Waals surface area contributed by atoms with Gasteiger partial charge in [0.15, 0.2) is 0 Å². The van der Waals surface area contributed by atoms with E-state index in [4.69, 9.17) is 4.74 Å². The maximum atomic E-state index is 5.22. The smallest absolute Gasteiger partial charge is 0.142 e. The fraction of sp³-hybridized carbons (Fsp3) is 0.400. The van der Waals surface area contributed by atoms with Gasteiger partial charge >= 0.3 is 0 Å². The number of fused-ring (bicyclic) bond motifs is 1. The Morgan fingerprint density at radius 1 is 1.27 bits per heavy atom. The van der Waals surface area contributed by atoms with Crippen LogP contribution in [0.5, 0.6) is 0 Å². The third kappa shape index (κ3) is 3.57. The molecule has 3 aromatic rings. The Balaban J connectivity index is 1.31. The minimum Gasteiger partial charge on any atom is -0.380 e. The van der Waals surface area contributed by atoms with E-state index in [1.807, 2.05) is 18.0 Å². The molecule has 1 aliphatic rings. The standard InChI is InChI=1S/C20H24N4OS/c1-24(20-18-6-7-21-19(18)22-13-23-20)16-8-15(9-16)12-26-17-5-3-4-14(10-17)11-25-2/h3-7,10,13,15-16H,8-9,11-12H2,1-2H3,(H,21,22,23). The van der Waals surface area contributed by atoms with Gasteiger partial charge in [0, 0.05) is 37.0 Å². The molecule has 0 unspecified atom stereocenters. The van der Waals surface area contributed by atoms with Crippen LogP contribution in [-0.4, -0.2) is 40.9 Å². The van der Waals surface area contributed by atoms with E-state index in [2.05, 4.69) is 57.2 Å². The molecule has 0 radical (unpaired) electrons. The van der Waals surface area contributed by atoms with Crippen molar-refractivity contribution in [2.75, 3.05) is 24.8 Å². The average Bonchev–Trinajstić information content (AvgIpc) is 3.09. The predicted molar refractivity (Wildman–Crippen MR) is 107 cm³/mol. The number of methoxy groups -OCH3 is 1. The molecular formula is C20H24N4OS. The van der Waals surface area contributed by atoms with Gasteiger partial charge in [0.2, 0.25) is 0 Å². The molecule has 4 rings (SSSR count). The number of hydrogen-bond acceptors (Lipinski definition) is 5. The lowest BCUT2D eigenvalue weighted by molar-refractivity contribution is 0.184. The second kappa shape index (κ2) is 7.68. The molecule has 1 aliphatic carbocycles. The first-order valence-corrected chi connectivity index (χ1v) is 9.94. The molecule has 0 spiro atoms. The van der Waals surface area contributed by atoms with Crippen molar-refractivity contribution >= 4 is 28.6 Å². The van der Waals surface area contributed by atoms with Crippen LogP contribution in [0.4, 0.5) is 5.82 Å². The molecule has 2 heterocycles. The molecule has 1 aromatic carbocycles. The first-order valence-electron chi connectivity index (χ1n) is 8.96. The lowest BCUT2D eigenvalue weighted by Gasteiger charge is -2.41. The minimum absolute atomic E-state index is 0.563. The van der Waals surface area contributed by atoms with E-state index in [-0.39, 0.29) is 0 Å². The van der Waals surface area contributed by atoms with Gasteiger partial charge in [-0.15, -0.1) is 11.8 Å². The highest BCUT2D eigenvalue weighted by Gasteiger charge is 2.33. The maximum Gasteiger partial charge on any atom is 0.142 e. The lowest BCUT2D eigenvalue weighted by atomic mass is 9.81. The Morgan fingerprint density at radius 3 is 3.00 bits per heavy atom. The zero-order valence-electron chi connectivity index (χ0n) is 15.2. The number of hydrogen-bond donors (Lipinski definition) is 1. The fourth-order valence-electron chi connectivity index (χ4n) is 3.57. The highest BCUT2D eigenvalue weighted by molar-refractivity contribution is 7.99. The van der Waals surface area contributed by atoms with Crippen LogP contribution in [0, 0.1) is 5.92 Å². The quantitative estimate of drug-likeness (QED) is 0.636. The number of aromatic amines is 1. The molecule has 0 amide bonds. The second-order valence-corrected chi connectivity index (χ2v) is 8.02. The zero-order valence-corrected chi connectivity index (χ0v) is 16.0. The summed E-state index contributed by atoms with van der Waals surface area (Å²) in [4.78, 5) is 15.6. The van der Waals surface area contributed by atoms with Crippen LogP contribution < -0.4 is 4.90 Å². The minimum atomic E-state index is 0.563. The third-order valence-corrected chi connectivity index (χ3v) is 6.35. The lowest BCUT2D eigenvalue weighted by Crippen LogP contribution is -2.43. The molecule has 1 fully saturated rings. The van der Waals surface area contributed by atoms with E-state index in [1.165, 1.54) is 29.1 Å². The molecule has 0 aliphatic heterocycles. The van der Waals surface area contributed by atoms with Crippen LogP contribution >= 0.6 is 11.8 Å². The molecule has 0 saturated heterocycles. The second-order valence-electron chi connectivity index (χ2n) is 6.93. The molecular weight excluding hydrogens is 344 g/mol. The largest absolute Gasteiger partial charge is 0.380 e. The number of nitrogens with one attached hydrogen (secondary N) is 1. The van der Waals surface area contributed by atoms with Crippen molar-refractivity contribution in [1.29, 1.82) is 0 Å². The summed E-state index contributed by atoms with van der Waals surface area (Å²) in [6, 6.07) is 11.3. The van der Waals surface area contributed by atoms with Crippen molar-refractivity contribution in [2.45, 2.75) is 30.4 Å². The summed E-state index contributed by atoms with van der Waals surface area (Å²) in [5.41, 5.74) is 2.15. The average molecular weight is 369 g/mol. The summed E-state index contributed by atoms with van der Waals surface area (Å²) < 4.78 is 5.22. The Morgan fingerprint density at radius 2 is 2.15 bits per heavy atom. The van der Waals surface area contributed by atoms with Gasteiger partial charge in [0.25, 0.3) is 0 Å².